The van der Waals surface area contributed by atoms with Crippen LogP contribution in [-0.2, 0) is 15.1 Å². The van der Waals surface area contributed by atoms with Gasteiger partial charge in [-0.05, 0) is 68.7 Å². The monoisotopic (exact) mass is 400 g/mol. The molecule has 0 spiro atoms. The third-order valence-corrected chi connectivity index (χ3v) is 6.39. The van der Waals surface area contributed by atoms with E-state index >= 15 is 0 Å². The number of carbonyl (C=O) groups is 1. The van der Waals surface area contributed by atoms with Crippen molar-refractivity contribution in [2.45, 2.75) is 51.6 Å². The van der Waals surface area contributed by atoms with Crippen LogP contribution in [0.3, 0.4) is 0 Å². The van der Waals surface area contributed by atoms with Crippen molar-refractivity contribution >= 4 is 30.1 Å². The van der Waals surface area contributed by atoms with Gasteiger partial charge in [0.2, 0.25) is 0 Å². The summed E-state index contributed by atoms with van der Waals surface area (Å²) in [6, 6.07) is 11.4. The van der Waals surface area contributed by atoms with Crippen molar-refractivity contribution in [2.24, 2.45) is 0 Å². The van der Waals surface area contributed by atoms with Crippen molar-refractivity contribution in [3.63, 3.8) is 0 Å². The van der Waals surface area contributed by atoms with E-state index in [1.54, 1.807) is 0 Å². The summed E-state index contributed by atoms with van der Waals surface area (Å²) in [5, 5.41) is 0. The van der Waals surface area contributed by atoms with E-state index in [-0.39, 0.29) is 11.6 Å². The number of hydrogen-bond acceptors (Lipinski definition) is 4. The lowest BCUT2D eigenvalue weighted by molar-refractivity contribution is 0.00578. The Kier molecular flexibility index (Phi) is 6.04. The van der Waals surface area contributed by atoms with Gasteiger partial charge < -0.3 is 9.31 Å². The van der Waals surface area contributed by atoms with E-state index in [9.17, 15) is 9.18 Å². The molecule has 2 aromatic carbocycles. The average molecular weight is 400 g/mol. The molecule has 0 saturated carbocycles. The second kappa shape index (κ2) is 8.01. The van der Waals surface area contributed by atoms with Crippen LogP contribution in [0.4, 0.5) is 4.39 Å². The van der Waals surface area contributed by atoms with Crippen molar-refractivity contribution in [3.05, 3.63) is 65.0 Å². The van der Waals surface area contributed by atoms with Crippen LogP contribution in [0.5, 0.6) is 0 Å². The Morgan fingerprint density at radius 2 is 1.64 bits per heavy atom. The lowest BCUT2D eigenvalue weighted by Crippen LogP contribution is -2.41. The van der Waals surface area contributed by atoms with E-state index in [0.29, 0.717) is 11.1 Å². The standard InChI is InChI=1S/C22H26BFO3S/c1-6-28-14-15-7-12-18(20(25)16-8-10-17(24)11-9-16)19(13-15)23-26-21(2,3)22(4,5)27-23/h7-13H,6,14H2,1-5H3. The fraction of sp³-hybridized carbons (Fsp3) is 0.409. The van der Waals surface area contributed by atoms with Crippen LogP contribution in [0.2, 0.25) is 0 Å². The molecule has 1 saturated heterocycles. The van der Waals surface area contributed by atoms with Crippen molar-refractivity contribution in [1.82, 2.24) is 0 Å². The van der Waals surface area contributed by atoms with Gasteiger partial charge in [0.05, 0.1) is 11.2 Å². The molecular formula is C22H26BFO3S. The van der Waals surface area contributed by atoms with Gasteiger partial charge in [-0.1, -0.05) is 25.1 Å². The molecule has 28 heavy (non-hydrogen) atoms. The van der Waals surface area contributed by atoms with Crippen LogP contribution >= 0.6 is 11.8 Å². The van der Waals surface area contributed by atoms with Crippen molar-refractivity contribution in [2.75, 3.05) is 5.75 Å². The Morgan fingerprint density at radius 3 is 2.21 bits per heavy atom. The zero-order valence-corrected chi connectivity index (χ0v) is 17.9. The Morgan fingerprint density at radius 1 is 1.04 bits per heavy atom. The maximum atomic E-state index is 13.3. The minimum Gasteiger partial charge on any atom is -0.399 e. The van der Waals surface area contributed by atoms with Gasteiger partial charge in [0.1, 0.15) is 5.82 Å². The molecule has 0 N–H and O–H groups in total. The molecule has 3 nitrogen and oxygen atoms in total. The number of carbonyl (C=O) groups excluding carboxylic acids is 1. The van der Waals surface area contributed by atoms with Gasteiger partial charge in [-0.2, -0.15) is 11.8 Å². The minimum atomic E-state index is -0.629. The van der Waals surface area contributed by atoms with Crippen LogP contribution in [-0.4, -0.2) is 29.9 Å². The van der Waals surface area contributed by atoms with E-state index in [2.05, 4.69) is 6.92 Å². The largest absolute Gasteiger partial charge is 0.495 e. The number of ketones is 1. The van der Waals surface area contributed by atoms with Gasteiger partial charge in [0, 0.05) is 16.9 Å². The SMILES string of the molecule is CCSCc1ccc(C(=O)c2ccc(F)cc2)c(B2OC(C)(C)C(C)(C)O2)c1. The van der Waals surface area contributed by atoms with Crippen molar-refractivity contribution in [1.29, 1.82) is 0 Å². The molecule has 0 bridgehead atoms. The third-order valence-electron chi connectivity index (χ3n) is 5.45. The smallest absolute Gasteiger partial charge is 0.399 e. The van der Waals surface area contributed by atoms with E-state index < -0.39 is 18.3 Å². The van der Waals surface area contributed by atoms with Gasteiger partial charge in [0.25, 0.3) is 0 Å². The van der Waals surface area contributed by atoms with E-state index in [0.717, 1.165) is 22.5 Å². The quantitative estimate of drug-likeness (QED) is 0.524. The number of halogens is 1. The molecule has 1 aliphatic heterocycles. The molecular weight excluding hydrogens is 374 g/mol. The first kappa shape index (κ1) is 21.1. The Hall–Kier alpha value is -1.63. The molecule has 1 aliphatic rings. The highest BCUT2D eigenvalue weighted by Crippen LogP contribution is 2.37. The van der Waals surface area contributed by atoms with E-state index in [1.807, 2.05) is 57.7 Å². The van der Waals surface area contributed by atoms with Gasteiger partial charge in [-0.3, -0.25) is 4.79 Å². The molecule has 0 aliphatic carbocycles. The normalized spacial score (nSPS) is 17.7. The maximum Gasteiger partial charge on any atom is 0.495 e. The topological polar surface area (TPSA) is 35.5 Å². The summed E-state index contributed by atoms with van der Waals surface area (Å²) < 4.78 is 25.7. The molecule has 0 aromatic heterocycles. The highest BCUT2D eigenvalue weighted by atomic mass is 32.2. The first-order chi connectivity index (χ1) is 13.1. The predicted octanol–water partition coefficient (Wildman–Crippen LogP) is 4.61. The Bertz CT molecular complexity index is 849. The van der Waals surface area contributed by atoms with Crippen molar-refractivity contribution in [3.8, 4) is 0 Å². The van der Waals surface area contributed by atoms with Crippen LogP contribution in [0.15, 0.2) is 42.5 Å². The second-order valence-corrected chi connectivity index (χ2v) is 9.26. The second-order valence-electron chi connectivity index (χ2n) is 7.98. The molecule has 3 rings (SSSR count). The maximum absolute atomic E-state index is 13.3. The third kappa shape index (κ3) is 4.19. The fourth-order valence-corrected chi connectivity index (χ4v) is 3.67. The molecule has 0 unspecified atom stereocenters. The summed E-state index contributed by atoms with van der Waals surface area (Å²) in [5.41, 5.74) is 1.81. The number of rotatable bonds is 6. The highest BCUT2D eigenvalue weighted by Gasteiger charge is 2.52. The Labute approximate surface area is 171 Å². The lowest BCUT2D eigenvalue weighted by atomic mass is 9.73. The summed E-state index contributed by atoms with van der Waals surface area (Å²) in [6.07, 6.45) is 0. The lowest BCUT2D eigenvalue weighted by Gasteiger charge is -2.32. The molecule has 1 fully saturated rings. The van der Waals surface area contributed by atoms with Crippen molar-refractivity contribution < 1.29 is 18.5 Å². The molecule has 2 aromatic rings. The molecule has 148 valence electrons. The molecule has 1 heterocycles. The highest BCUT2D eigenvalue weighted by molar-refractivity contribution is 7.98. The Balaban J connectivity index is 2.02. The molecule has 0 radical (unpaired) electrons. The first-order valence-electron chi connectivity index (χ1n) is 9.51. The van der Waals surface area contributed by atoms with Gasteiger partial charge in [0.15, 0.2) is 5.78 Å². The summed E-state index contributed by atoms with van der Waals surface area (Å²) in [5.74, 6) is 1.34. The van der Waals surface area contributed by atoms with E-state index in [4.69, 9.17) is 9.31 Å². The summed E-state index contributed by atoms with van der Waals surface area (Å²) >= 11 is 1.82. The number of benzene rings is 2. The zero-order valence-electron chi connectivity index (χ0n) is 17.0. The molecule has 0 atom stereocenters. The summed E-state index contributed by atoms with van der Waals surface area (Å²) in [6.45, 7) is 10.1. The number of thioether (sulfide) groups is 1. The van der Waals surface area contributed by atoms with Crippen LogP contribution in [0, 0.1) is 5.82 Å². The van der Waals surface area contributed by atoms with Gasteiger partial charge in [-0.15, -0.1) is 0 Å². The van der Waals surface area contributed by atoms with Crippen LogP contribution in [0.25, 0.3) is 0 Å². The minimum absolute atomic E-state index is 0.167. The zero-order chi connectivity index (χ0) is 20.5. The number of hydrogen-bond donors (Lipinski definition) is 0. The fourth-order valence-electron chi connectivity index (χ4n) is 3.05. The van der Waals surface area contributed by atoms with Crippen LogP contribution < -0.4 is 5.46 Å². The predicted molar refractivity (Wildman–Crippen MR) is 114 cm³/mol. The first-order valence-corrected chi connectivity index (χ1v) is 10.7. The average Bonchev–Trinajstić information content (AvgIpc) is 2.87. The molecule has 0 amide bonds. The van der Waals surface area contributed by atoms with Gasteiger partial charge >= 0.3 is 7.12 Å². The van der Waals surface area contributed by atoms with E-state index in [1.165, 1.54) is 24.3 Å². The summed E-state index contributed by atoms with van der Waals surface area (Å²) in [4.78, 5) is 13.1. The van der Waals surface area contributed by atoms with Gasteiger partial charge in [-0.25, -0.2) is 4.39 Å². The summed E-state index contributed by atoms with van der Waals surface area (Å²) in [7, 11) is -0.629. The molecule has 6 heteroatoms. The van der Waals surface area contributed by atoms with Crippen LogP contribution in [0.1, 0.15) is 56.1 Å².